The summed E-state index contributed by atoms with van der Waals surface area (Å²) in [7, 11) is 0. The third-order valence-corrected chi connectivity index (χ3v) is 6.32. The molecule has 0 saturated heterocycles. The lowest BCUT2D eigenvalue weighted by atomic mass is 9.96. The molecule has 0 spiro atoms. The molecule has 2 aromatic carbocycles. The van der Waals surface area contributed by atoms with E-state index in [1.165, 1.54) is 0 Å². The number of nitrogens with one attached hydrogen (secondary N) is 1. The van der Waals surface area contributed by atoms with Gasteiger partial charge < -0.3 is 20.3 Å². The highest BCUT2D eigenvalue weighted by atomic mass is 35.5. The zero-order valence-electron chi connectivity index (χ0n) is 16.8. The summed E-state index contributed by atoms with van der Waals surface area (Å²) in [5.74, 6) is 1.64. The zero-order chi connectivity index (χ0) is 20.9. The van der Waals surface area contributed by atoms with Crippen LogP contribution in [0.3, 0.4) is 0 Å². The summed E-state index contributed by atoms with van der Waals surface area (Å²) in [5.41, 5.74) is 12.8. The maximum atomic E-state index is 6.55. The van der Waals surface area contributed by atoms with Crippen LogP contribution >= 0.6 is 11.6 Å². The first-order chi connectivity index (χ1) is 15.2. The minimum atomic E-state index is -0.217. The molecule has 4 heterocycles. The maximum Gasteiger partial charge on any atom is 0.182 e. The minimum absolute atomic E-state index is 0.217. The Kier molecular flexibility index (Phi) is 4.45. The Bertz CT molecular complexity index is 1320. The van der Waals surface area contributed by atoms with Crippen molar-refractivity contribution in [2.75, 3.05) is 6.54 Å². The van der Waals surface area contributed by atoms with Crippen LogP contribution in [0.5, 0.6) is 5.75 Å². The van der Waals surface area contributed by atoms with Gasteiger partial charge in [-0.1, -0.05) is 35.0 Å². The van der Waals surface area contributed by atoms with Crippen molar-refractivity contribution in [3.8, 4) is 16.9 Å². The fourth-order valence-corrected chi connectivity index (χ4v) is 4.88. The van der Waals surface area contributed by atoms with Crippen molar-refractivity contribution < 1.29 is 9.26 Å². The third kappa shape index (κ3) is 3.10. The molecule has 2 aromatic heterocycles. The molecule has 4 aromatic rings. The van der Waals surface area contributed by atoms with Crippen molar-refractivity contribution in [1.29, 1.82) is 0 Å². The van der Waals surface area contributed by atoms with E-state index in [1.807, 2.05) is 36.4 Å². The van der Waals surface area contributed by atoms with Crippen LogP contribution in [0.25, 0.3) is 22.0 Å². The first kappa shape index (κ1) is 18.8. The van der Waals surface area contributed by atoms with Gasteiger partial charge in [0.15, 0.2) is 11.9 Å². The van der Waals surface area contributed by atoms with Gasteiger partial charge in [0.2, 0.25) is 0 Å². The van der Waals surface area contributed by atoms with Gasteiger partial charge in [-0.05, 0) is 29.8 Å². The van der Waals surface area contributed by atoms with Gasteiger partial charge in [0, 0.05) is 59.6 Å². The number of hydrogen-bond donors (Lipinski definition) is 2. The van der Waals surface area contributed by atoms with E-state index in [2.05, 4.69) is 21.5 Å². The largest absolute Gasteiger partial charge is 0.481 e. The summed E-state index contributed by atoms with van der Waals surface area (Å²) in [4.78, 5) is 4.67. The van der Waals surface area contributed by atoms with Gasteiger partial charge in [-0.15, -0.1) is 0 Å². The zero-order valence-corrected chi connectivity index (χ0v) is 17.6. The van der Waals surface area contributed by atoms with Crippen molar-refractivity contribution in [3.05, 3.63) is 75.8 Å². The normalized spacial score (nSPS) is 17.4. The summed E-state index contributed by atoms with van der Waals surface area (Å²) in [5, 5.41) is 9.39. The number of halogens is 1. The molecule has 0 saturated carbocycles. The molecular weight excluding hydrogens is 412 g/mol. The number of para-hydroxylation sites is 1. The molecule has 3 N–H and O–H groups in total. The first-order valence-electron chi connectivity index (χ1n) is 10.5. The van der Waals surface area contributed by atoms with Crippen LogP contribution < -0.4 is 15.8 Å². The lowest BCUT2D eigenvalue weighted by Crippen LogP contribution is -2.24. The van der Waals surface area contributed by atoms with Crippen LogP contribution in [0.2, 0.25) is 5.02 Å². The number of fused-ring (bicyclic) bond motifs is 3. The number of benzene rings is 2. The van der Waals surface area contributed by atoms with Gasteiger partial charge in [-0.3, -0.25) is 4.98 Å². The maximum absolute atomic E-state index is 6.55. The van der Waals surface area contributed by atoms with Crippen molar-refractivity contribution in [2.24, 2.45) is 5.73 Å². The summed E-state index contributed by atoms with van der Waals surface area (Å²) in [6.45, 7) is 2.04. The van der Waals surface area contributed by atoms with E-state index in [-0.39, 0.29) is 6.10 Å². The molecule has 2 aliphatic heterocycles. The Hall–Kier alpha value is -2.93. The van der Waals surface area contributed by atoms with E-state index < -0.39 is 0 Å². The predicted octanol–water partition coefficient (Wildman–Crippen LogP) is 4.32. The van der Waals surface area contributed by atoms with E-state index in [0.717, 1.165) is 75.6 Å². The van der Waals surface area contributed by atoms with Crippen molar-refractivity contribution in [3.63, 3.8) is 0 Å². The van der Waals surface area contributed by atoms with Crippen LogP contribution in [0.4, 0.5) is 0 Å². The fourth-order valence-electron chi connectivity index (χ4n) is 4.64. The predicted molar refractivity (Wildman–Crippen MR) is 119 cm³/mol. The molecule has 0 amide bonds. The average molecular weight is 433 g/mol. The van der Waals surface area contributed by atoms with Crippen molar-refractivity contribution >= 4 is 22.5 Å². The average Bonchev–Trinajstić information content (AvgIpc) is 3.41. The highest BCUT2D eigenvalue weighted by Gasteiger charge is 2.34. The second kappa shape index (κ2) is 7.34. The lowest BCUT2D eigenvalue weighted by molar-refractivity contribution is 0.189. The Morgan fingerprint density at radius 2 is 2.06 bits per heavy atom. The summed E-state index contributed by atoms with van der Waals surface area (Å²) >= 11 is 6.55. The smallest absolute Gasteiger partial charge is 0.182 e. The summed E-state index contributed by atoms with van der Waals surface area (Å²) in [6, 6.07) is 14.0. The van der Waals surface area contributed by atoms with Crippen molar-refractivity contribution in [2.45, 2.75) is 32.0 Å². The monoisotopic (exact) mass is 432 g/mol. The number of ether oxygens (including phenoxy) is 1. The van der Waals surface area contributed by atoms with Crippen molar-refractivity contribution in [1.82, 2.24) is 15.5 Å². The standard InChI is InChI=1S/C24H21ClN4O2/c25-14-7-13-8-22(24-19-12-27-6-5-21(19)29-31-24)30-23(13)18(9-14)17-10-15(11-26)28-20-4-2-1-3-16(17)20/h1-4,7,9-10,22,27H,5-6,8,11-12,26H2/t22-/m1/s1. The van der Waals surface area contributed by atoms with Gasteiger partial charge in [0.1, 0.15) is 5.75 Å². The molecule has 6 rings (SSSR count). The molecule has 2 aliphatic rings. The lowest BCUT2D eigenvalue weighted by Gasteiger charge is -2.16. The molecule has 0 fully saturated rings. The van der Waals surface area contributed by atoms with Gasteiger partial charge >= 0.3 is 0 Å². The Morgan fingerprint density at radius 3 is 2.97 bits per heavy atom. The quantitative estimate of drug-likeness (QED) is 0.501. The SMILES string of the molecule is NCc1cc(-c2cc(Cl)cc3c2O[C@@H](c2onc4c2CNCC4)C3)c2ccccc2n1. The molecule has 6 nitrogen and oxygen atoms in total. The molecule has 156 valence electrons. The van der Waals surface area contributed by atoms with E-state index in [4.69, 9.17) is 26.6 Å². The van der Waals surface area contributed by atoms with E-state index in [9.17, 15) is 0 Å². The molecule has 0 aliphatic carbocycles. The van der Waals surface area contributed by atoms with Gasteiger partial charge in [-0.2, -0.15) is 0 Å². The van der Waals surface area contributed by atoms with Gasteiger partial charge in [0.25, 0.3) is 0 Å². The number of pyridine rings is 1. The Balaban J connectivity index is 1.48. The van der Waals surface area contributed by atoms with Gasteiger partial charge in [-0.25, -0.2) is 0 Å². The first-order valence-corrected chi connectivity index (χ1v) is 10.9. The highest BCUT2D eigenvalue weighted by molar-refractivity contribution is 6.31. The van der Waals surface area contributed by atoms with Crippen LogP contribution in [0.1, 0.15) is 34.4 Å². The number of hydrogen-bond acceptors (Lipinski definition) is 6. The Morgan fingerprint density at radius 1 is 1.16 bits per heavy atom. The number of aromatic nitrogens is 2. The molecular formula is C24H21ClN4O2. The fraction of sp³-hybridized carbons (Fsp3) is 0.250. The third-order valence-electron chi connectivity index (χ3n) is 6.10. The van der Waals surface area contributed by atoms with E-state index in [0.29, 0.717) is 18.0 Å². The Labute approximate surface area is 184 Å². The molecule has 1 atom stereocenters. The number of rotatable bonds is 3. The van der Waals surface area contributed by atoms with E-state index >= 15 is 0 Å². The second-order valence-electron chi connectivity index (χ2n) is 8.03. The number of nitrogens with zero attached hydrogens (tertiary/aromatic N) is 2. The van der Waals surface area contributed by atoms with Gasteiger partial charge in [0.05, 0.1) is 16.9 Å². The minimum Gasteiger partial charge on any atom is -0.481 e. The van der Waals surface area contributed by atoms with E-state index in [1.54, 1.807) is 0 Å². The highest BCUT2D eigenvalue weighted by Crippen LogP contribution is 2.47. The van der Waals surface area contributed by atoms with Crippen LogP contribution in [-0.4, -0.2) is 16.7 Å². The summed E-state index contributed by atoms with van der Waals surface area (Å²) in [6.07, 6.45) is 1.35. The van der Waals surface area contributed by atoms with Crippen LogP contribution in [-0.2, 0) is 25.9 Å². The molecule has 0 bridgehead atoms. The second-order valence-corrected chi connectivity index (χ2v) is 8.47. The van der Waals surface area contributed by atoms with Crippen LogP contribution in [0, 0.1) is 0 Å². The molecule has 0 radical (unpaired) electrons. The number of nitrogens with two attached hydrogens (primary N) is 1. The molecule has 0 unspecified atom stereocenters. The molecule has 7 heteroatoms. The van der Waals surface area contributed by atoms with Crippen LogP contribution in [0.15, 0.2) is 47.0 Å². The summed E-state index contributed by atoms with van der Waals surface area (Å²) < 4.78 is 12.2. The topological polar surface area (TPSA) is 86.2 Å². The molecule has 31 heavy (non-hydrogen) atoms.